The van der Waals surface area contributed by atoms with Crippen LogP contribution >= 0.6 is 0 Å². The van der Waals surface area contributed by atoms with Crippen LogP contribution < -0.4 is 0 Å². The van der Waals surface area contributed by atoms with Crippen LogP contribution in [0.15, 0.2) is 36.5 Å². The van der Waals surface area contributed by atoms with Crippen LogP contribution in [0.3, 0.4) is 0 Å². The molecule has 0 unspecified atom stereocenters. The summed E-state index contributed by atoms with van der Waals surface area (Å²) in [7, 11) is 2.63. The molecule has 0 atom stereocenters. The van der Waals surface area contributed by atoms with Gasteiger partial charge in [-0.2, -0.15) is 0 Å². The number of pyridine rings is 1. The van der Waals surface area contributed by atoms with Crippen molar-refractivity contribution in [3.05, 3.63) is 42.2 Å². The lowest BCUT2D eigenvalue weighted by atomic mass is 10.1. The molecular weight excluding hydrogens is 306 g/mol. The molecule has 0 aliphatic rings. The van der Waals surface area contributed by atoms with Crippen LogP contribution in [-0.4, -0.2) is 35.1 Å². The van der Waals surface area contributed by atoms with E-state index < -0.39 is 8.80 Å². The number of nitrogens with zero attached hydrogens (tertiary/aromatic N) is 1. The van der Waals surface area contributed by atoms with E-state index in [1.54, 1.807) is 21.3 Å². The van der Waals surface area contributed by atoms with Crippen LogP contribution in [0.2, 0.25) is 6.04 Å². The van der Waals surface area contributed by atoms with Gasteiger partial charge in [0.1, 0.15) is 0 Å². The zero-order chi connectivity index (χ0) is 16.5. The third kappa shape index (κ3) is 5.11. The highest BCUT2D eigenvalue weighted by atomic mass is 28.4. The number of fused-ring (bicyclic) bond motifs is 1. The summed E-state index contributed by atoms with van der Waals surface area (Å²) in [5.41, 5.74) is 1.18. The Morgan fingerprint density at radius 3 is 2.22 bits per heavy atom. The summed E-state index contributed by atoms with van der Waals surface area (Å²) in [4.78, 5) is 4.55. The SMILES string of the molecule is CO[Si](CCCCCCc1cc2ccccc2cn1)(OC)OC. The van der Waals surface area contributed by atoms with E-state index in [1.807, 2.05) is 12.3 Å². The molecular formula is C18H27NO3Si. The molecule has 2 aromatic rings. The first-order valence-electron chi connectivity index (χ1n) is 8.22. The van der Waals surface area contributed by atoms with Gasteiger partial charge in [0.05, 0.1) is 0 Å². The molecule has 126 valence electrons. The second-order valence-corrected chi connectivity index (χ2v) is 8.82. The van der Waals surface area contributed by atoms with Gasteiger partial charge in [-0.25, -0.2) is 0 Å². The van der Waals surface area contributed by atoms with Crippen molar-refractivity contribution in [3.8, 4) is 0 Å². The fourth-order valence-electron chi connectivity index (χ4n) is 2.82. The normalized spacial score (nSPS) is 12.0. The van der Waals surface area contributed by atoms with E-state index in [0.29, 0.717) is 0 Å². The molecule has 1 aromatic carbocycles. The van der Waals surface area contributed by atoms with Crippen LogP contribution in [-0.2, 0) is 19.7 Å². The topological polar surface area (TPSA) is 40.6 Å². The highest BCUT2D eigenvalue weighted by molar-refractivity contribution is 6.60. The number of benzene rings is 1. The quantitative estimate of drug-likeness (QED) is 0.482. The van der Waals surface area contributed by atoms with Gasteiger partial charge >= 0.3 is 8.80 Å². The zero-order valence-electron chi connectivity index (χ0n) is 14.4. The molecule has 0 amide bonds. The van der Waals surface area contributed by atoms with Crippen molar-refractivity contribution in [1.29, 1.82) is 0 Å². The average molecular weight is 334 g/mol. The van der Waals surface area contributed by atoms with E-state index in [1.165, 1.54) is 29.3 Å². The molecule has 0 saturated heterocycles. The van der Waals surface area contributed by atoms with Crippen molar-refractivity contribution in [2.75, 3.05) is 21.3 Å². The van der Waals surface area contributed by atoms with Crippen LogP contribution in [0.25, 0.3) is 10.8 Å². The van der Waals surface area contributed by atoms with E-state index in [9.17, 15) is 0 Å². The number of unbranched alkanes of at least 4 members (excludes halogenated alkanes) is 3. The standard InChI is InChI=1S/C18H27NO3Si/c1-20-23(21-2,22-3)13-9-5-4-6-12-18-14-16-10-7-8-11-17(16)15-19-18/h7-8,10-11,14-15H,4-6,9,12-13H2,1-3H3. The number of rotatable bonds is 10. The van der Waals surface area contributed by atoms with Crippen LogP contribution in [0.4, 0.5) is 0 Å². The highest BCUT2D eigenvalue weighted by Gasteiger charge is 2.36. The summed E-state index contributed by atoms with van der Waals surface area (Å²) in [5.74, 6) is 0. The number of aryl methyl sites for hydroxylation is 1. The lowest BCUT2D eigenvalue weighted by Gasteiger charge is -2.24. The molecule has 0 N–H and O–H groups in total. The smallest absolute Gasteiger partial charge is 0.377 e. The second-order valence-electron chi connectivity index (χ2n) is 5.73. The minimum absolute atomic E-state index is 0.880. The number of hydrogen-bond donors (Lipinski definition) is 0. The zero-order valence-corrected chi connectivity index (χ0v) is 15.4. The number of aromatic nitrogens is 1. The van der Waals surface area contributed by atoms with Crippen molar-refractivity contribution in [2.45, 2.75) is 38.1 Å². The molecule has 0 radical (unpaired) electrons. The van der Waals surface area contributed by atoms with E-state index in [2.05, 4.69) is 29.2 Å². The maximum Gasteiger partial charge on any atom is 0.500 e. The Morgan fingerprint density at radius 1 is 0.870 bits per heavy atom. The van der Waals surface area contributed by atoms with Crippen molar-refractivity contribution in [1.82, 2.24) is 4.98 Å². The Hall–Kier alpha value is -1.27. The Morgan fingerprint density at radius 2 is 1.52 bits per heavy atom. The summed E-state index contributed by atoms with van der Waals surface area (Å²) in [5, 5.41) is 2.48. The average Bonchev–Trinajstić information content (AvgIpc) is 2.61. The van der Waals surface area contributed by atoms with Gasteiger partial charge < -0.3 is 13.3 Å². The molecule has 0 aliphatic heterocycles. The van der Waals surface area contributed by atoms with E-state index in [4.69, 9.17) is 13.3 Å². The molecule has 0 bridgehead atoms. The first kappa shape index (κ1) is 18.1. The summed E-state index contributed by atoms with van der Waals surface area (Å²) in [6, 6.07) is 11.4. The minimum Gasteiger partial charge on any atom is -0.377 e. The summed E-state index contributed by atoms with van der Waals surface area (Å²) in [6.07, 6.45) is 7.60. The second kappa shape index (κ2) is 9.13. The Kier molecular flexibility index (Phi) is 7.17. The summed E-state index contributed by atoms with van der Waals surface area (Å²) in [6.45, 7) is 0. The Labute approximate surface area is 140 Å². The van der Waals surface area contributed by atoms with E-state index >= 15 is 0 Å². The van der Waals surface area contributed by atoms with Gasteiger partial charge in [0.15, 0.2) is 0 Å². The van der Waals surface area contributed by atoms with E-state index in [0.717, 1.165) is 25.3 Å². The third-order valence-electron chi connectivity index (χ3n) is 4.29. The van der Waals surface area contributed by atoms with Crippen molar-refractivity contribution in [2.24, 2.45) is 0 Å². The third-order valence-corrected chi connectivity index (χ3v) is 7.12. The number of hydrogen-bond acceptors (Lipinski definition) is 4. The molecule has 5 heteroatoms. The molecule has 0 saturated carbocycles. The fourth-order valence-corrected chi connectivity index (χ4v) is 4.62. The summed E-state index contributed by atoms with van der Waals surface area (Å²) < 4.78 is 16.3. The molecule has 1 heterocycles. The first-order valence-corrected chi connectivity index (χ1v) is 10.2. The van der Waals surface area contributed by atoms with Crippen LogP contribution in [0.1, 0.15) is 31.4 Å². The van der Waals surface area contributed by atoms with Gasteiger partial charge in [0.2, 0.25) is 0 Å². The molecule has 2 rings (SSSR count). The van der Waals surface area contributed by atoms with Crippen molar-refractivity contribution < 1.29 is 13.3 Å². The van der Waals surface area contributed by atoms with Gasteiger partial charge in [0.25, 0.3) is 0 Å². The lowest BCUT2D eigenvalue weighted by Crippen LogP contribution is -2.42. The fraction of sp³-hybridized carbons (Fsp3) is 0.500. The predicted octanol–water partition coefficient (Wildman–Crippen LogP) is 4.22. The van der Waals surface area contributed by atoms with Gasteiger partial charge in [-0.05, 0) is 30.7 Å². The Bertz CT molecular complexity index is 593. The largest absolute Gasteiger partial charge is 0.500 e. The molecule has 0 spiro atoms. The molecule has 0 fully saturated rings. The van der Waals surface area contributed by atoms with Crippen LogP contribution in [0, 0.1) is 0 Å². The molecule has 1 aromatic heterocycles. The minimum atomic E-state index is -2.38. The van der Waals surface area contributed by atoms with Crippen LogP contribution in [0.5, 0.6) is 0 Å². The molecule has 0 aliphatic carbocycles. The first-order chi connectivity index (χ1) is 11.2. The predicted molar refractivity (Wildman–Crippen MR) is 95.5 cm³/mol. The highest BCUT2D eigenvalue weighted by Crippen LogP contribution is 2.19. The summed E-state index contributed by atoms with van der Waals surface area (Å²) >= 11 is 0. The maximum atomic E-state index is 5.44. The van der Waals surface area contributed by atoms with Crippen molar-refractivity contribution >= 4 is 19.6 Å². The van der Waals surface area contributed by atoms with Crippen molar-refractivity contribution in [3.63, 3.8) is 0 Å². The monoisotopic (exact) mass is 333 g/mol. The van der Waals surface area contributed by atoms with E-state index in [-0.39, 0.29) is 0 Å². The van der Waals surface area contributed by atoms with Gasteiger partial charge in [-0.3, -0.25) is 4.98 Å². The Balaban J connectivity index is 1.70. The molecule has 4 nitrogen and oxygen atoms in total. The van der Waals surface area contributed by atoms with Gasteiger partial charge in [-0.15, -0.1) is 0 Å². The lowest BCUT2D eigenvalue weighted by molar-refractivity contribution is 0.122. The molecule has 23 heavy (non-hydrogen) atoms. The van der Waals surface area contributed by atoms with Gasteiger partial charge in [0, 0.05) is 44.7 Å². The van der Waals surface area contributed by atoms with Gasteiger partial charge in [-0.1, -0.05) is 37.1 Å². The maximum absolute atomic E-state index is 5.44.